The van der Waals surface area contributed by atoms with Crippen molar-refractivity contribution in [3.8, 4) is 0 Å². The third-order valence-electron chi connectivity index (χ3n) is 2.82. The van der Waals surface area contributed by atoms with Gasteiger partial charge in [-0.25, -0.2) is 0 Å². The van der Waals surface area contributed by atoms with Crippen molar-refractivity contribution in [3.63, 3.8) is 0 Å². The molecule has 0 aliphatic carbocycles. The fourth-order valence-electron chi connectivity index (χ4n) is 1.78. The molecule has 0 aromatic carbocycles. The van der Waals surface area contributed by atoms with E-state index >= 15 is 0 Å². The maximum atomic E-state index is 4.44. The highest BCUT2D eigenvalue weighted by Crippen LogP contribution is 2.14. The van der Waals surface area contributed by atoms with Crippen LogP contribution in [0.2, 0.25) is 0 Å². The zero-order valence-electron chi connectivity index (χ0n) is 12.7. The highest BCUT2D eigenvalue weighted by Gasteiger charge is 2.11. The largest absolute Gasteiger partial charge is 0.354 e. The van der Waals surface area contributed by atoms with E-state index in [1.807, 2.05) is 25.9 Å². The molecule has 0 bridgehead atoms. The first kappa shape index (κ1) is 15.5. The number of hydrogen-bond acceptors (Lipinski definition) is 6. The summed E-state index contributed by atoms with van der Waals surface area (Å²) in [4.78, 5) is 15.1. The maximum absolute atomic E-state index is 4.44. The minimum absolute atomic E-state index is 0.414. The zero-order chi connectivity index (χ0) is 14.3. The van der Waals surface area contributed by atoms with E-state index in [9.17, 15) is 0 Å². The molecule has 0 saturated heterocycles. The lowest BCUT2D eigenvalue weighted by Crippen LogP contribution is -2.22. The second-order valence-electron chi connectivity index (χ2n) is 4.75. The minimum Gasteiger partial charge on any atom is -0.354 e. The Bertz CT molecular complexity index is 379. The molecular weight excluding hydrogens is 240 g/mol. The Labute approximate surface area is 116 Å². The zero-order valence-corrected chi connectivity index (χ0v) is 12.7. The SMILES string of the molecule is CCCC(CC)Nc1nc(NCC)nc(N(C)C)n1. The van der Waals surface area contributed by atoms with Crippen molar-refractivity contribution in [2.45, 2.75) is 46.1 Å². The summed E-state index contributed by atoms with van der Waals surface area (Å²) in [5.41, 5.74) is 0. The Kier molecular flexibility index (Phi) is 6.32. The number of nitrogens with one attached hydrogen (secondary N) is 2. The molecule has 1 unspecified atom stereocenters. The van der Waals surface area contributed by atoms with E-state index in [0.717, 1.165) is 25.8 Å². The third-order valence-corrected chi connectivity index (χ3v) is 2.82. The minimum atomic E-state index is 0.414. The molecule has 19 heavy (non-hydrogen) atoms. The van der Waals surface area contributed by atoms with Gasteiger partial charge in [0.25, 0.3) is 0 Å². The molecule has 1 aromatic heterocycles. The van der Waals surface area contributed by atoms with Gasteiger partial charge in [-0.1, -0.05) is 20.3 Å². The molecule has 0 aliphatic rings. The summed E-state index contributed by atoms with van der Waals surface area (Å²) >= 11 is 0. The molecule has 0 spiro atoms. The van der Waals surface area contributed by atoms with Crippen LogP contribution in [0.5, 0.6) is 0 Å². The Balaban J connectivity index is 2.91. The molecule has 6 nitrogen and oxygen atoms in total. The van der Waals surface area contributed by atoms with Crippen molar-refractivity contribution in [1.29, 1.82) is 0 Å². The van der Waals surface area contributed by atoms with Gasteiger partial charge in [0.15, 0.2) is 0 Å². The summed E-state index contributed by atoms with van der Waals surface area (Å²) in [5, 5.41) is 6.53. The molecule has 6 heteroatoms. The molecular formula is C13H26N6. The molecule has 0 saturated carbocycles. The van der Waals surface area contributed by atoms with Crippen LogP contribution in [0.3, 0.4) is 0 Å². The number of hydrogen-bond donors (Lipinski definition) is 2. The van der Waals surface area contributed by atoms with E-state index in [1.165, 1.54) is 0 Å². The second-order valence-corrected chi connectivity index (χ2v) is 4.75. The molecule has 0 radical (unpaired) electrons. The predicted molar refractivity (Wildman–Crippen MR) is 80.9 cm³/mol. The summed E-state index contributed by atoms with van der Waals surface area (Å²) < 4.78 is 0. The predicted octanol–water partition coefficient (Wildman–Crippen LogP) is 2.36. The van der Waals surface area contributed by atoms with E-state index < -0.39 is 0 Å². The summed E-state index contributed by atoms with van der Waals surface area (Å²) in [5.74, 6) is 1.94. The lowest BCUT2D eigenvalue weighted by atomic mass is 10.1. The highest BCUT2D eigenvalue weighted by atomic mass is 15.3. The molecule has 1 rings (SSSR count). The van der Waals surface area contributed by atoms with Gasteiger partial charge in [0.1, 0.15) is 0 Å². The summed E-state index contributed by atoms with van der Waals surface area (Å²) in [7, 11) is 3.86. The van der Waals surface area contributed by atoms with Gasteiger partial charge in [0.05, 0.1) is 0 Å². The van der Waals surface area contributed by atoms with Crippen molar-refractivity contribution in [2.24, 2.45) is 0 Å². The average molecular weight is 266 g/mol. The van der Waals surface area contributed by atoms with Crippen LogP contribution >= 0.6 is 0 Å². The van der Waals surface area contributed by atoms with Crippen LogP contribution in [0.15, 0.2) is 0 Å². The molecule has 0 fully saturated rings. The Morgan fingerprint density at radius 1 is 1.05 bits per heavy atom. The lowest BCUT2D eigenvalue weighted by molar-refractivity contribution is 0.617. The Hall–Kier alpha value is -1.59. The molecule has 1 heterocycles. The first-order valence-corrected chi connectivity index (χ1v) is 7.04. The van der Waals surface area contributed by atoms with E-state index in [-0.39, 0.29) is 0 Å². The molecule has 1 atom stereocenters. The van der Waals surface area contributed by atoms with Gasteiger partial charge in [0, 0.05) is 26.7 Å². The van der Waals surface area contributed by atoms with Crippen LogP contribution in [0, 0.1) is 0 Å². The number of nitrogens with zero attached hydrogens (tertiary/aromatic N) is 4. The molecule has 1 aromatic rings. The number of anilines is 3. The fraction of sp³-hybridized carbons (Fsp3) is 0.769. The molecule has 0 amide bonds. The number of aromatic nitrogens is 3. The monoisotopic (exact) mass is 266 g/mol. The van der Waals surface area contributed by atoms with E-state index in [0.29, 0.717) is 23.9 Å². The van der Waals surface area contributed by atoms with Gasteiger partial charge < -0.3 is 15.5 Å². The van der Waals surface area contributed by atoms with E-state index in [1.54, 1.807) is 0 Å². The molecule has 2 N–H and O–H groups in total. The van der Waals surface area contributed by atoms with Gasteiger partial charge in [-0.3, -0.25) is 0 Å². The third kappa shape index (κ3) is 4.89. The Morgan fingerprint density at radius 3 is 2.26 bits per heavy atom. The first-order chi connectivity index (χ1) is 9.10. The van der Waals surface area contributed by atoms with Crippen molar-refractivity contribution in [2.75, 3.05) is 36.2 Å². The quantitative estimate of drug-likeness (QED) is 0.753. The maximum Gasteiger partial charge on any atom is 0.231 e. The fourth-order valence-corrected chi connectivity index (χ4v) is 1.78. The van der Waals surface area contributed by atoms with Gasteiger partial charge in [-0.2, -0.15) is 15.0 Å². The topological polar surface area (TPSA) is 66.0 Å². The molecule has 108 valence electrons. The first-order valence-electron chi connectivity index (χ1n) is 7.04. The van der Waals surface area contributed by atoms with Crippen LogP contribution in [0.4, 0.5) is 17.8 Å². The second kappa shape index (κ2) is 7.76. The summed E-state index contributed by atoms with van der Waals surface area (Å²) in [6.45, 7) is 7.18. The van der Waals surface area contributed by atoms with Crippen LogP contribution in [0.1, 0.15) is 40.0 Å². The lowest BCUT2D eigenvalue weighted by Gasteiger charge is -2.18. The van der Waals surface area contributed by atoms with E-state index in [2.05, 4.69) is 39.4 Å². The van der Waals surface area contributed by atoms with Crippen LogP contribution in [0.25, 0.3) is 0 Å². The highest BCUT2D eigenvalue weighted by molar-refractivity contribution is 5.43. The smallest absolute Gasteiger partial charge is 0.231 e. The van der Waals surface area contributed by atoms with Crippen molar-refractivity contribution in [3.05, 3.63) is 0 Å². The van der Waals surface area contributed by atoms with Crippen LogP contribution < -0.4 is 15.5 Å². The van der Waals surface area contributed by atoms with Gasteiger partial charge in [0.2, 0.25) is 17.8 Å². The molecule has 0 aliphatic heterocycles. The number of rotatable bonds is 8. The Morgan fingerprint density at radius 2 is 1.74 bits per heavy atom. The van der Waals surface area contributed by atoms with Gasteiger partial charge in [-0.15, -0.1) is 0 Å². The van der Waals surface area contributed by atoms with Crippen LogP contribution in [-0.4, -0.2) is 41.6 Å². The summed E-state index contributed by atoms with van der Waals surface area (Å²) in [6.07, 6.45) is 3.33. The van der Waals surface area contributed by atoms with Crippen molar-refractivity contribution in [1.82, 2.24) is 15.0 Å². The van der Waals surface area contributed by atoms with Gasteiger partial charge in [-0.05, 0) is 19.8 Å². The van der Waals surface area contributed by atoms with E-state index in [4.69, 9.17) is 0 Å². The van der Waals surface area contributed by atoms with Crippen molar-refractivity contribution >= 4 is 17.8 Å². The average Bonchev–Trinajstić information content (AvgIpc) is 2.38. The summed E-state index contributed by atoms with van der Waals surface area (Å²) in [6, 6.07) is 0.414. The standard InChI is InChI=1S/C13H26N6/c1-6-9-10(7-2)15-12-16-11(14-8-3)17-13(18-12)19(4)5/h10H,6-9H2,1-5H3,(H2,14,15,16,17,18). The normalized spacial score (nSPS) is 12.1. The van der Waals surface area contributed by atoms with Crippen molar-refractivity contribution < 1.29 is 0 Å². The van der Waals surface area contributed by atoms with Crippen LogP contribution in [-0.2, 0) is 0 Å². The van der Waals surface area contributed by atoms with Gasteiger partial charge >= 0.3 is 0 Å².